The first kappa shape index (κ1) is 15.6. The average molecular weight is 305 g/mol. The van der Waals surface area contributed by atoms with Gasteiger partial charge in [-0.05, 0) is 6.92 Å². The molecule has 2 unspecified atom stereocenters. The van der Waals surface area contributed by atoms with Gasteiger partial charge in [0.15, 0.2) is 0 Å². The molecule has 0 amide bonds. The molecule has 0 bridgehead atoms. The van der Waals surface area contributed by atoms with Crippen LogP contribution in [0, 0.1) is 18.3 Å². The molecule has 1 heterocycles. The maximum atomic E-state index is 5.47. The predicted molar refractivity (Wildman–Crippen MR) is 38.0 cm³/mol. The van der Waals surface area contributed by atoms with E-state index in [-0.39, 0.29) is 65.4 Å². The van der Waals surface area contributed by atoms with E-state index in [2.05, 4.69) is 27.2 Å². The van der Waals surface area contributed by atoms with Gasteiger partial charge in [0.05, 0.1) is 0 Å². The largest absolute Gasteiger partial charge is 0.383 e. The van der Waals surface area contributed by atoms with E-state index < -0.39 is 0 Å². The summed E-state index contributed by atoms with van der Waals surface area (Å²) in [5.41, 5.74) is 0. The van der Waals surface area contributed by atoms with Gasteiger partial charge in [-0.15, -0.1) is 11.8 Å². The third kappa shape index (κ3) is 5.47. The molecule has 3 atom stereocenters. The number of rotatable bonds is 0. The molecule has 0 spiro atoms. The minimum absolute atomic E-state index is 0. The fourth-order valence-electron chi connectivity index (χ4n) is 1.19. The van der Waals surface area contributed by atoms with Crippen LogP contribution >= 0.6 is 0 Å². The summed E-state index contributed by atoms with van der Waals surface area (Å²) in [6.45, 7) is 7.45. The molecule has 0 saturated carbocycles. The second-order valence-corrected chi connectivity index (χ2v) is 3.07. The smallest absolute Gasteiger partial charge is 0.0302 e. The summed E-state index contributed by atoms with van der Waals surface area (Å²) in [5, 5.41) is 0. The normalized spacial score (nSPS) is 36.8. The van der Waals surface area contributed by atoms with Gasteiger partial charge in [0.2, 0.25) is 0 Å². The minimum Gasteiger partial charge on any atom is -0.383 e. The van der Waals surface area contributed by atoms with Gasteiger partial charge >= 0.3 is 0 Å². The summed E-state index contributed by atoms with van der Waals surface area (Å²) in [6.07, 6.45) is 2.80. The monoisotopic (exact) mass is 305 g/mol. The summed E-state index contributed by atoms with van der Waals surface area (Å²) < 4.78 is 5.47. The van der Waals surface area contributed by atoms with E-state index in [1.807, 2.05) is 0 Å². The Hall–Kier alpha value is 2.17. The van der Waals surface area contributed by atoms with Crippen molar-refractivity contribution in [3.05, 3.63) is 6.42 Å². The van der Waals surface area contributed by atoms with Crippen molar-refractivity contribution >= 4 is 0 Å². The average Bonchev–Trinajstić information content (AvgIpc) is 1.80. The SMILES string of the molecule is CC1[CH-]C(C)[C@H](C)OC1.[Y].[Y]. The van der Waals surface area contributed by atoms with Gasteiger partial charge in [-0.1, -0.05) is 13.8 Å². The van der Waals surface area contributed by atoms with E-state index in [1.54, 1.807) is 0 Å². The van der Waals surface area contributed by atoms with E-state index in [9.17, 15) is 0 Å². The van der Waals surface area contributed by atoms with Gasteiger partial charge < -0.3 is 11.2 Å². The van der Waals surface area contributed by atoms with Crippen molar-refractivity contribution in [1.82, 2.24) is 0 Å². The molecule has 1 aliphatic heterocycles. The van der Waals surface area contributed by atoms with Crippen molar-refractivity contribution in [1.29, 1.82) is 0 Å². The molecule has 1 fully saturated rings. The van der Waals surface area contributed by atoms with Crippen LogP contribution in [0.25, 0.3) is 0 Å². The van der Waals surface area contributed by atoms with Crippen molar-refractivity contribution in [2.75, 3.05) is 6.61 Å². The summed E-state index contributed by atoms with van der Waals surface area (Å²) in [7, 11) is 0. The number of ether oxygens (including phenoxy) is 1. The molecule has 60 valence electrons. The van der Waals surface area contributed by atoms with Crippen molar-refractivity contribution in [3.63, 3.8) is 0 Å². The maximum Gasteiger partial charge on any atom is 0.0302 e. The molecule has 0 aromatic carbocycles. The zero-order valence-corrected chi connectivity index (χ0v) is 13.3. The van der Waals surface area contributed by atoms with Crippen molar-refractivity contribution < 1.29 is 70.2 Å². The zero-order chi connectivity index (χ0) is 6.85. The summed E-state index contributed by atoms with van der Waals surface area (Å²) in [5.74, 6) is 1.28. The maximum absolute atomic E-state index is 5.47. The molecule has 2 radical (unpaired) electrons. The molecule has 1 nitrogen and oxygen atoms in total. The molecule has 11 heavy (non-hydrogen) atoms. The van der Waals surface area contributed by atoms with Crippen LogP contribution in [0.5, 0.6) is 0 Å². The zero-order valence-electron chi connectivity index (χ0n) is 7.58. The standard InChI is InChI=1S/C8H15O.2Y/c1-6-4-7(2)8(3)9-5-6;;/h4,6-8H,5H2,1-3H3;;/q-1;;/t6?,7?,8-;;/m0../s1. The molecule has 1 aliphatic rings. The van der Waals surface area contributed by atoms with E-state index >= 15 is 0 Å². The first-order chi connectivity index (χ1) is 4.20. The molecular formula is C8H15OY2-. The molecular weight excluding hydrogens is 290 g/mol. The predicted octanol–water partition coefficient (Wildman–Crippen LogP) is 1.88. The van der Waals surface area contributed by atoms with E-state index in [1.165, 1.54) is 0 Å². The van der Waals surface area contributed by atoms with Crippen LogP contribution in [0.15, 0.2) is 0 Å². The molecule has 0 aliphatic carbocycles. The van der Waals surface area contributed by atoms with Gasteiger partial charge in [0.1, 0.15) is 0 Å². The van der Waals surface area contributed by atoms with Crippen molar-refractivity contribution in [3.8, 4) is 0 Å². The molecule has 1 rings (SSSR count). The Balaban J connectivity index is 0. The number of hydrogen-bond acceptors (Lipinski definition) is 1. The Morgan fingerprint density at radius 1 is 1.18 bits per heavy atom. The van der Waals surface area contributed by atoms with E-state index in [4.69, 9.17) is 4.74 Å². The van der Waals surface area contributed by atoms with Crippen molar-refractivity contribution in [2.24, 2.45) is 11.8 Å². The first-order valence-corrected chi connectivity index (χ1v) is 3.66. The quantitative estimate of drug-likeness (QED) is 0.621. The second kappa shape index (κ2) is 7.56. The van der Waals surface area contributed by atoms with Crippen LogP contribution in [0.4, 0.5) is 0 Å². The van der Waals surface area contributed by atoms with Crippen LogP contribution in [-0.2, 0) is 70.2 Å². The molecule has 0 N–H and O–H groups in total. The fraction of sp³-hybridized carbons (Fsp3) is 0.875. The summed E-state index contributed by atoms with van der Waals surface area (Å²) in [4.78, 5) is 0. The van der Waals surface area contributed by atoms with E-state index in [0.717, 1.165) is 6.61 Å². The topological polar surface area (TPSA) is 9.23 Å². The Bertz CT molecular complexity index is 98.1. The minimum atomic E-state index is 0. The van der Waals surface area contributed by atoms with Crippen LogP contribution < -0.4 is 0 Å². The molecule has 3 heteroatoms. The summed E-state index contributed by atoms with van der Waals surface area (Å²) in [6, 6.07) is 0. The molecule has 0 aromatic heterocycles. The Morgan fingerprint density at radius 2 is 1.73 bits per heavy atom. The van der Waals surface area contributed by atoms with Gasteiger partial charge in [-0.25, -0.2) is 0 Å². The second-order valence-electron chi connectivity index (χ2n) is 3.07. The van der Waals surface area contributed by atoms with Gasteiger partial charge in [-0.2, -0.15) is 0 Å². The van der Waals surface area contributed by atoms with Gasteiger partial charge in [-0.3, -0.25) is 0 Å². The van der Waals surface area contributed by atoms with Crippen LogP contribution in [0.2, 0.25) is 0 Å². The third-order valence-corrected chi connectivity index (χ3v) is 1.99. The van der Waals surface area contributed by atoms with Gasteiger partial charge in [0.25, 0.3) is 0 Å². The fourth-order valence-corrected chi connectivity index (χ4v) is 1.19. The summed E-state index contributed by atoms with van der Waals surface area (Å²) >= 11 is 0. The van der Waals surface area contributed by atoms with Crippen molar-refractivity contribution in [2.45, 2.75) is 26.9 Å². The third-order valence-electron chi connectivity index (χ3n) is 1.99. The first-order valence-electron chi connectivity index (χ1n) is 3.66. The molecule has 1 saturated heterocycles. The van der Waals surface area contributed by atoms with Gasteiger partial charge in [0, 0.05) is 78.1 Å². The number of hydrogen-bond donors (Lipinski definition) is 0. The Morgan fingerprint density at radius 3 is 2.09 bits per heavy atom. The Labute approximate surface area is 120 Å². The molecule has 0 aromatic rings. The van der Waals surface area contributed by atoms with Crippen LogP contribution in [0.1, 0.15) is 20.8 Å². The van der Waals surface area contributed by atoms with Crippen LogP contribution in [0.3, 0.4) is 0 Å². The Kier molecular flexibility index (Phi) is 10.7. The van der Waals surface area contributed by atoms with Crippen LogP contribution in [-0.4, -0.2) is 12.7 Å². The van der Waals surface area contributed by atoms with E-state index in [0.29, 0.717) is 17.9 Å².